The molecule has 0 N–H and O–H groups in total. The number of rotatable bonds is 10. The lowest BCUT2D eigenvalue weighted by Gasteiger charge is -2.17. The molecule has 0 saturated heterocycles. The van der Waals surface area contributed by atoms with Crippen molar-refractivity contribution in [2.45, 2.75) is 31.5 Å². The third-order valence-electron chi connectivity index (χ3n) is 5.14. The molecular weight excluding hydrogens is 587 g/mol. The third-order valence-corrected chi connectivity index (χ3v) is 7.98. The molecule has 0 spiro atoms. The van der Waals surface area contributed by atoms with Crippen LogP contribution >= 0.6 is 27.3 Å². The van der Waals surface area contributed by atoms with Crippen LogP contribution in [-0.2, 0) is 32.1 Å². The standard InChI is InChI=1S/C21H23BrF3N5O4S2/c1-4-29(5-2)9-10-34-15(31)12-30-17(16(22)18(28-30)21(23,24)25)20-27-26-19(35-20)13-7-6-8-14(11-13)36(3,32)33/h6-8,11H,4-5,9-10,12H2,1-3H3. The molecule has 0 aliphatic heterocycles. The number of likely N-dealkylation sites (N-methyl/N-ethyl adjacent to an activating group) is 1. The number of sulfone groups is 1. The molecular formula is C21H23BrF3N5O4S2. The molecule has 2 heterocycles. The van der Waals surface area contributed by atoms with Gasteiger partial charge in [-0.15, -0.1) is 10.2 Å². The molecule has 36 heavy (non-hydrogen) atoms. The molecule has 9 nitrogen and oxygen atoms in total. The lowest BCUT2D eigenvalue weighted by Crippen LogP contribution is -2.28. The van der Waals surface area contributed by atoms with E-state index in [1.54, 1.807) is 6.07 Å². The fourth-order valence-electron chi connectivity index (χ4n) is 3.23. The molecule has 0 saturated carbocycles. The zero-order valence-electron chi connectivity index (χ0n) is 19.5. The van der Waals surface area contributed by atoms with Gasteiger partial charge in [0.2, 0.25) is 0 Å². The Bertz CT molecular complexity index is 1340. The SMILES string of the molecule is CCN(CC)CCOC(=O)Cn1nc(C(F)(F)F)c(Br)c1-c1nnc(-c2cccc(S(C)(=O)=O)c2)s1. The summed E-state index contributed by atoms with van der Waals surface area (Å²) in [6.45, 7) is 5.48. The van der Waals surface area contributed by atoms with Gasteiger partial charge in [0.05, 0.1) is 9.37 Å². The van der Waals surface area contributed by atoms with Gasteiger partial charge < -0.3 is 9.64 Å². The van der Waals surface area contributed by atoms with E-state index in [0.717, 1.165) is 35.4 Å². The van der Waals surface area contributed by atoms with Crippen LogP contribution in [0.5, 0.6) is 0 Å². The first-order chi connectivity index (χ1) is 16.8. The van der Waals surface area contributed by atoms with Crippen molar-refractivity contribution in [3.63, 3.8) is 0 Å². The van der Waals surface area contributed by atoms with Crippen molar-refractivity contribution >= 4 is 43.1 Å². The maximum absolute atomic E-state index is 13.6. The van der Waals surface area contributed by atoms with E-state index in [1.807, 2.05) is 18.7 Å². The molecule has 0 amide bonds. The molecule has 1 aromatic carbocycles. The summed E-state index contributed by atoms with van der Waals surface area (Å²) in [7, 11) is -3.48. The quantitative estimate of drug-likeness (QED) is 0.316. The second-order valence-corrected chi connectivity index (χ2v) is 11.4. The van der Waals surface area contributed by atoms with Crippen LogP contribution in [0, 0.1) is 0 Å². The Balaban J connectivity index is 1.93. The molecule has 0 unspecified atom stereocenters. The van der Waals surface area contributed by atoms with Gasteiger partial charge in [0, 0.05) is 18.4 Å². The Morgan fingerprint density at radius 1 is 1.19 bits per heavy atom. The molecule has 3 aromatic rings. The number of nitrogens with zero attached hydrogens (tertiary/aromatic N) is 5. The van der Waals surface area contributed by atoms with Crippen LogP contribution in [0.25, 0.3) is 21.3 Å². The Morgan fingerprint density at radius 3 is 2.47 bits per heavy atom. The predicted molar refractivity (Wildman–Crippen MR) is 131 cm³/mol. The second kappa shape index (κ2) is 11.4. The first kappa shape index (κ1) is 28.2. The van der Waals surface area contributed by atoms with E-state index in [9.17, 15) is 26.4 Å². The lowest BCUT2D eigenvalue weighted by atomic mass is 10.2. The van der Waals surface area contributed by atoms with Crippen LogP contribution in [-0.4, -0.2) is 71.8 Å². The highest BCUT2D eigenvalue weighted by atomic mass is 79.9. The number of hydrogen-bond acceptors (Lipinski definition) is 9. The average Bonchev–Trinajstić information content (AvgIpc) is 3.40. The number of hydrogen-bond donors (Lipinski definition) is 0. The molecule has 0 bridgehead atoms. The summed E-state index contributed by atoms with van der Waals surface area (Å²) >= 11 is 3.89. The van der Waals surface area contributed by atoms with E-state index in [2.05, 4.69) is 31.2 Å². The second-order valence-electron chi connectivity index (χ2n) is 7.63. The summed E-state index contributed by atoms with van der Waals surface area (Å²) in [6.07, 6.45) is -3.73. The highest BCUT2D eigenvalue weighted by molar-refractivity contribution is 9.10. The Labute approximate surface area is 218 Å². The average molecular weight is 610 g/mol. The number of ether oxygens (including phenoxy) is 1. The number of halogens is 4. The largest absolute Gasteiger partial charge is 0.463 e. The molecule has 0 aliphatic carbocycles. The summed E-state index contributed by atoms with van der Waals surface area (Å²) < 4.78 is 70.2. The van der Waals surface area contributed by atoms with Crippen LogP contribution in [0.1, 0.15) is 19.5 Å². The minimum atomic E-state index is -4.79. The minimum absolute atomic E-state index is 0.0561. The molecule has 0 aliphatic rings. The van der Waals surface area contributed by atoms with Gasteiger partial charge in [-0.2, -0.15) is 18.3 Å². The van der Waals surface area contributed by atoms with Crippen molar-refractivity contribution in [2.75, 3.05) is 32.5 Å². The smallest absolute Gasteiger partial charge is 0.436 e. The summed E-state index contributed by atoms with van der Waals surface area (Å²) in [5.41, 5.74) is -0.883. The molecule has 15 heteroatoms. The zero-order valence-corrected chi connectivity index (χ0v) is 22.8. The van der Waals surface area contributed by atoms with Gasteiger partial charge in [0.1, 0.15) is 23.9 Å². The molecule has 196 valence electrons. The fourth-order valence-corrected chi connectivity index (χ4v) is 5.62. The Kier molecular flexibility index (Phi) is 8.90. The van der Waals surface area contributed by atoms with Gasteiger partial charge in [-0.05, 0) is 41.2 Å². The van der Waals surface area contributed by atoms with Crippen molar-refractivity contribution in [3.05, 3.63) is 34.4 Å². The lowest BCUT2D eigenvalue weighted by molar-refractivity contribution is -0.146. The van der Waals surface area contributed by atoms with Crippen molar-refractivity contribution in [1.82, 2.24) is 24.9 Å². The molecule has 2 aromatic heterocycles. The van der Waals surface area contributed by atoms with Gasteiger partial charge in [-0.25, -0.2) is 13.1 Å². The maximum atomic E-state index is 13.6. The molecule has 3 rings (SSSR count). The van der Waals surface area contributed by atoms with Crippen molar-refractivity contribution < 1.29 is 31.1 Å². The van der Waals surface area contributed by atoms with E-state index in [4.69, 9.17) is 4.74 Å². The fraction of sp³-hybridized carbons (Fsp3) is 0.429. The van der Waals surface area contributed by atoms with E-state index in [0.29, 0.717) is 12.1 Å². The van der Waals surface area contributed by atoms with Crippen molar-refractivity contribution in [1.29, 1.82) is 0 Å². The minimum Gasteiger partial charge on any atom is -0.463 e. The first-order valence-electron chi connectivity index (χ1n) is 10.7. The number of carbonyl (C=O) groups excluding carboxylic acids is 1. The topological polar surface area (TPSA) is 107 Å². The number of carbonyl (C=O) groups is 1. The van der Waals surface area contributed by atoms with E-state index in [-0.39, 0.29) is 27.2 Å². The first-order valence-corrected chi connectivity index (χ1v) is 14.2. The number of esters is 1. The number of alkyl halides is 3. The van der Waals surface area contributed by atoms with E-state index >= 15 is 0 Å². The third kappa shape index (κ3) is 6.69. The van der Waals surface area contributed by atoms with Gasteiger partial charge >= 0.3 is 12.1 Å². The highest BCUT2D eigenvalue weighted by Crippen LogP contribution is 2.41. The van der Waals surface area contributed by atoms with Gasteiger partial charge in [0.15, 0.2) is 20.5 Å². The highest BCUT2D eigenvalue weighted by Gasteiger charge is 2.40. The zero-order chi connectivity index (χ0) is 26.7. The van der Waals surface area contributed by atoms with Crippen LogP contribution in [0.3, 0.4) is 0 Å². The molecule has 0 atom stereocenters. The maximum Gasteiger partial charge on any atom is 0.436 e. The normalized spacial score (nSPS) is 12.3. The van der Waals surface area contributed by atoms with Crippen molar-refractivity contribution in [3.8, 4) is 21.3 Å². The van der Waals surface area contributed by atoms with Gasteiger partial charge in [-0.1, -0.05) is 37.3 Å². The van der Waals surface area contributed by atoms with Crippen LogP contribution in [0.2, 0.25) is 0 Å². The van der Waals surface area contributed by atoms with Crippen LogP contribution < -0.4 is 0 Å². The molecule has 0 fully saturated rings. The van der Waals surface area contributed by atoms with Gasteiger partial charge in [-0.3, -0.25) is 4.79 Å². The van der Waals surface area contributed by atoms with E-state index < -0.39 is 38.7 Å². The number of aromatic nitrogens is 4. The van der Waals surface area contributed by atoms with Crippen LogP contribution in [0.4, 0.5) is 13.2 Å². The van der Waals surface area contributed by atoms with Crippen LogP contribution in [0.15, 0.2) is 33.6 Å². The van der Waals surface area contributed by atoms with E-state index in [1.165, 1.54) is 18.2 Å². The summed E-state index contributed by atoms with van der Waals surface area (Å²) in [5.74, 6) is -0.752. The summed E-state index contributed by atoms with van der Waals surface area (Å²) in [6, 6.07) is 5.97. The van der Waals surface area contributed by atoms with Gasteiger partial charge in [0.25, 0.3) is 0 Å². The van der Waals surface area contributed by atoms with Crippen molar-refractivity contribution in [2.24, 2.45) is 0 Å². The number of benzene rings is 1. The Morgan fingerprint density at radius 2 is 1.86 bits per heavy atom. The monoisotopic (exact) mass is 609 g/mol. The molecule has 0 radical (unpaired) electrons. The Hall–Kier alpha value is -2.36. The summed E-state index contributed by atoms with van der Waals surface area (Å²) in [5, 5.41) is 11.9. The summed E-state index contributed by atoms with van der Waals surface area (Å²) in [4.78, 5) is 14.5. The predicted octanol–water partition coefficient (Wildman–Crippen LogP) is 4.14.